The van der Waals surface area contributed by atoms with E-state index in [1.54, 1.807) is 5.57 Å². The molecule has 0 aromatic carbocycles. The molecule has 0 spiro atoms. The lowest BCUT2D eigenvalue weighted by Gasteiger charge is -2.44. The van der Waals surface area contributed by atoms with E-state index in [0.29, 0.717) is 42.9 Å². The Labute approximate surface area is 202 Å². The van der Waals surface area contributed by atoms with Gasteiger partial charge in [0.25, 0.3) is 0 Å². The van der Waals surface area contributed by atoms with Crippen molar-refractivity contribution in [3.63, 3.8) is 0 Å². The van der Waals surface area contributed by atoms with E-state index in [1.807, 2.05) is 13.8 Å². The minimum Gasteiger partial charge on any atom is -0.396 e. The molecule has 6 atom stereocenters. The van der Waals surface area contributed by atoms with Crippen LogP contribution >= 0.6 is 0 Å². The van der Waals surface area contributed by atoms with Gasteiger partial charge in [0, 0.05) is 12.5 Å². The van der Waals surface area contributed by atoms with Crippen molar-refractivity contribution in [2.24, 2.45) is 29.1 Å². The van der Waals surface area contributed by atoms with Crippen molar-refractivity contribution in [3.05, 3.63) is 23.3 Å². The summed E-state index contributed by atoms with van der Waals surface area (Å²) < 4.78 is 0. The Morgan fingerprint density at radius 3 is 2.42 bits per heavy atom. The van der Waals surface area contributed by atoms with Crippen LogP contribution in [0.4, 0.5) is 0 Å². The van der Waals surface area contributed by atoms with E-state index in [-0.39, 0.29) is 12.5 Å². The molecule has 0 bridgehead atoms. The van der Waals surface area contributed by atoms with Gasteiger partial charge < -0.3 is 20.4 Å². The number of hydrogen-bond donors (Lipinski definition) is 4. The lowest BCUT2D eigenvalue weighted by atomic mass is 9.60. The van der Waals surface area contributed by atoms with E-state index < -0.39 is 17.8 Å². The van der Waals surface area contributed by atoms with Crippen molar-refractivity contribution < 1.29 is 20.4 Å². The van der Waals surface area contributed by atoms with Gasteiger partial charge in [0.05, 0.1) is 17.8 Å². The molecule has 3 rings (SSSR count). The van der Waals surface area contributed by atoms with Gasteiger partial charge in [-0.2, -0.15) is 0 Å². The van der Waals surface area contributed by atoms with Gasteiger partial charge in [-0.3, -0.25) is 0 Å². The van der Waals surface area contributed by atoms with E-state index in [2.05, 4.69) is 26.0 Å². The zero-order valence-corrected chi connectivity index (χ0v) is 21.6. The molecule has 0 heterocycles. The van der Waals surface area contributed by atoms with Gasteiger partial charge in [-0.15, -0.1) is 0 Å². The van der Waals surface area contributed by atoms with Crippen molar-refractivity contribution in [1.82, 2.24) is 0 Å². The smallest absolute Gasteiger partial charge is 0.0630 e. The number of allylic oxidation sites excluding steroid dienone is 3. The fourth-order valence-corrected chi connectivity index (χ4v) is 7.52. The maximum atomic E-state index is 10.6. The summed E-state index contributed by atoms with van der Waals surface area (Å²) >= 11 is 0. The topological polar surface area (TPSA) is 80.9 Å². The molecule has 3 aliphatic carbocycles. The number of hydrogen-bond acceptors (Lipinski definition) is 4. The molecule has 3 fully saturated rings. The molecule has 0 aliphatic heterocycles. The van der Waals surface area contributed by atoms with Crippen molar-refractivity contribution in [2.75, 3.05) is 6.61 Å². The first-order valence-corrected chi connectivity index (χ1v) is 13.6. The zero-order valence-electron chi connectivity index (χ0n) is 21.6. The fraction of sp³-hybridized carbons (Fsp3) is 0.862. The Hall–Kier alpha value is -0.680. The van der Waals surface area contributed by atoms with Crippen LogP contribution in [0, 0.1) is 29.1 Å². The van der Waals surface area contributed by atoms with Crippen LogP contribution in [0.3, 0.4) is 0 Å². The number of aliphatic hydroxyl groups is 4. The molecule has 3 saturated carbocycles. The van der Waals surface area contributed by atoms with Crippen LogP contribution in [0.1, 0.15) is 105 Å². The summed E-state index contributed by atoms with van der Waals surface area (Å²) in [5, 5.41) is 40.3. The van der Waals surface area contributed by atoms with Crippen LogP contribution < -0.4 is 0 Å². The van der Waals surface area contributed by atoms with Gasteiger partial charge in [0.2, 0.25) is 0 Å². The molecule has 0 amide bonds. The third-order valence-corrected chi connectivity index (χ3v) is 9.33. The van der Waals surface area contributed by atoms with E-state index in [9.17, 15) is 15.3 Å². The monoisotopic (exact) mass is 462 g/mol. The Morgan fingerprint density at radius 1 is 1.09 bits per heavy atom. The van der Waals surface area contributed by atoms with Crippen molar-refractivity contribution in [2.45, 2.75) is 123 Å². The van der Waals surface area contributed by atoms with Gasteiger partial charge in [0.15, 0.2) is 0 Å². The maximum Gasteiger partial charge on any atom is 0.0630 e. The van der Waals surface area contributed by atoms with Crippen LogP contribution in [0.2, 0.25) is 0 Å². The highest BCUT2D eigenvalue weighted by atomic mass is 16.3. The number of fused-ring (bicyclic) bond motifs is 1. The molecule has 0 aromatic rings. The van der Waals surface area contributed by atoms with Gasteiger partial charge in [0.1, 0.15) is 0 Å². The van der Waals surface area contributed by atoms with E-state index in [1.165, 1.54) is 38.5 Å². The molecular formula is C29H50O4. The van der Waals surface area contributed by atoms with E-state index >= 15 is 0 Å². The average Bonchev–Trinajstić information content (AvgIpc) is 3.08. The Kier molecular flexibility index (Phi) is 9.27. The molecule has 4 heteroatoms. The van der Waals surface area contributed by atoms with E-state index in [0.717, 1.165) is 24.3 Å². The Bertz CT molecular complexity index is 676. The zero-order chi connectivity index (χ0) is 24.2. The highest BCUT2D eigenvalue weighted by molar-refractivity contribution is 5.26. The molecular weight excluding hydrogens is 412 g/mol. The van der Waals surface area contributed by atoms with Crippen LogP contribution in [0.5, 0.6) is 0 Å². The highest BCUT2D eigenvalue weighted by Crippen LogP contribution is 2.60. The first kappa shape index (κ1) is 26.9. The van der Waals surface area contributed by atoms with Crippen LogP contribution in [-0.2, 0) is 0 Å². The van der Waals surface area contributed by atoms with Gasteiger partial charge in [-0.1, -0.05) is 50.0 Å². The normalized spacial score (nSPS) is 37.3. The summed E-state index contributed by atoms with van der Waals surface area (Å²) in [6.07, 6.45) is 15.6. The third-order valence-electron chi connectivity index (χ3n) is 9.33. The molecule has 0 aromatic heterocycles. The second-order valence-electron chi connectivity index (χ2n) is 12.4. The summed E-state index contributed by atoms with van der Waals surface area (Å²) in [5.41, 5.74) is 2.55. The second kappa shape index (κ2) is 11.4. The summed E-state index contributed by atoms with van der Waals surface area (Å²) in [5.74, 6) is 1.99. The lowest BCUT2D eigenvalue weighted by molar-refractivity contribution is -0.0119. The second-order valence-corrected chi connectivity index (χ2v) is 12.4. The molecule has 190 valence electrons. The summed E-state index contributed by atoms with van der Waals surface area (Å²) in [6, 6.07) is 0. The first-order valence-electron chi connectivity index (χ1n) is 13.6. The first-order chi connectivity index (χ1) is 15.5. The molecule has 6 unspecified atom stereocenters. The van der Waals surface area contributed by atoms with E-state index in [4.69, 9.17) is 5.11 Å². The predicted molar refractivity (Wildman–Crippen MR) is 135 cm³/mol. The lowest BCUT2D eigenvalue weighted by Crippen LogP contribution is -2.37. The van der Waals surface area contributed by atoms with Crippen molar-refractivity contribution in [1.29, 1.82) is 0 Å². The Balaban J connectivity index is 1.64. The minimum absolute atomic E-state index is 0.115. The van der Waals surface area contributed by atoms with Crippen LogP contribution in [-0.4, -0.2) is 44.8 Å². The van der Waals surface area contributed by atoms with Crippen molar-refractivity contribution >= 4 is 0 Å². The van der Waals surface area contributed by atoms with Gasteiger partial charge >= 0.3 is 0 Å². The molecule has 0 saturated heterocycles. The highest BCUT2D eigenvalue weighted by Gasteiger charge is 2.50. The van der Waals surface area contributed by atoms with Gasteiger partial charge in [-0.05, 0) is 101 Å². The SMILES string of the molecule is CC(CCCC(C)(C)O)C1CCC2C(=CC=C3CC(O)C(CCCO)C(O)C3)CCCC21C. The number of aliphatic hydroxyl groups excluding tert-OH is 3. The van der Waals surface area contributed by atoms with Crippen LogP contribution in [0.25, 0.3) is 0 Å². The third kappa shape index (κ3) is 6.72. The standard InChI is InChI=1S/C29H50O4/c1-20(8-5-15-28(2,3)33)24-13-14-25-22(9-6-16-29(24,25)4)12-11-21-18-26(31)23(10-7-17-30)27(32)19-21/h11-12,20,23-27,30-33H,5-10,13-19H2,1-4H3. The predicted octanol–water partition coefficient (Wildman–Crippen LogP) is 5.54. The van der Waals surface area contributed by atoms with Crippen LogP contribution in [0.15, 0.2) is 23.3 Å². The van der Waals surface area contributed by atoms with Crippen molar-refractivity contribution in [3.8, 4) is 0 Å². The Morgan fingerprint density at radius 2 is 1.79 bits per heavy atom. The largest absolute Gasteiger partial charge is 0.396 e. The molecule has 33 heavy (non-hydrogen) atoms. The molecule has 4 nitrogen and oxygen atoms in total. The average molecular weight is 463 g/mol. The summed E-state index contributed by atoms with van der Waals surface area (Å²) in [6.45, 7) is 8.90. The molecule has 0 radical (unpaired) electrons. The number of rotatable bonds is 9. The maximum absolute atomic E-state index is 10.6. The molecule has 3 aliphatic rings. The quantitative estimate of drug-likeness (QED) is 0.363. The summed E-state index contributed by atoms with van der Waals surface area (Å²) in [4.78, 5) is 0. The minimum atomic E-state index is -0.560. The van der Waals surface area contributed by atoms with Gasteiger partial charge in [-0.25, -0.2) is 0 Å². The molecule has 4 N–H and O–H groups in total. The fourth-order valence-electron chi connectivity index (χ4n) is 7.52. The summed E-state index contributed by atoms with van der Waals surface area (Å²) in [7, 11) is 0.